The van der Waals surface area contributed by atoms with Gasteiger partial charge in [0.1, 0.15) is 0 Å². The lowest BCUT2D eigenvalue weighted by Gasteiger charge is -2.07. The van der Waals surface area contributed by atoms with E-state index in [2.05, 4.69) is 19.8 Å². The number of methoxy groups -OCH3 is 1. The molecule has 0 spiro atoms. The highest BCUT2D eigenvalue weighted by atomic mass is 32.2. The molecule has 0 aliphatic rings. The monoisotopic (exact) mass is 318 g/mol. The molecule has 1 aromatic heterocycles. The van der Waals surface area contributed by atoms with Crippen molar-refractivity contribution in [2.24, 2.45) is 0 Å². The Hall–Kier alpha value is -2.27. The van der Waals surface area contributed by atoms with E-state index in [0.29, 0.717) is 0 Å². The average Bonchev–Trinajstić information content (AvgIpc) is 2.45. The van der Waals surface area contributed by atoms with Crippen molar-refractivity contribution in [2.75, 3.05) is 31.8 Å². The number of ether oxygens (including phenoxy) is 1. The lowest BCUT2D eigenvalue weighted by atomic mass is 10.3. The third-order valence-electron chi connectivity index (χ3n) is 2.44. The van der Waals surface area contributed by atoms with Crippen molar-refractivity contribution in [1.29, 1.82) is 0 Å². The van der Waals surface area contributed by atoms with Crippen LogP contribution in [0, 0.1) is 10.1 Å². The normalized spacial score (nSPS) is 11.0. The van der Waals surface area contributed by atoms with Crippen molar-refractivity contribution >= 4 is 27.5 Å². The van der Waals surface area contributed by atoms with Gasteiger partial charge in [0.2, 0.25) is 15.8 Å². The predicted molar refractivity (Wildman–Crippen MR) is 73.6 cm³/mol. The Morgan fingerprint density at radius 2 is 2.14 bits per heavy atom. The van der Waals surface area contributed by atoms with E-state index in [4.69, 9.17) is 0 Å². The summed E-state index contributed by atoms with van der Waals surface area (Å²) in [6.45, 7) is -0.109. The van der Waals surface area contributed by atoms with E-state index >= 15 is 0 Å². The third kappa shape index (κ3) is 4.65. The lowest BCUT2D eigenvalue weighted by Crippen LogP contribution is -2.26. The fourth-order valence-corrected chi connectivity index (χ4v) is 1.93. The Balaban J connectivity index is 2.96. The first-order valence-corrected chi connectivity index (χ1v) is 7.35. The molecule has 0 amide bonds. The number of aromatic nitrogens is 1. The number of hydrogen-bond acceptors (Lipinski definition) is 8. The van der Waals surface area contributed by atoms with Crippen LogP contribution < -0.4 is 10.0 Å². The third-order valence-corrected chi connectivity index (χ3v) is 3.80. The van der Waals surface area contributed by atoms with Crippen molar-refractivity contribution in [3.63, 3.8) is 0 Å². The van der Waals surface area contributed by atoms with E-state index < -0.39 is 20.9 Å². The summed E-state index contributed by atoms with van der Waals surface area (Å²) in [5, 5.41) is 13.4. The first-order chi connectivity index (χ1) is 9.80. The molecule has 1 rings (SSSR count). The standard InChI is InChI=1S/C10H14N4O6S/c1-11-21(18,19)6-5-12-9-8(14(16)17)4-3-7(13-9)10(15)20-2/h3-4,11H,5-6H2,1-2H3,(H,12,13). The number of nitro groups is 1. The smallest absolute Gasteiger partial charge is 0.356 e. The first kappa shape index (κ1) is 16.8. The maximum Gasteiger partial charge on any atom is 0.356 e. The molecule has 0 aliphatic carbocycles. The van der Waals surface area contributed by atoms with Gasteiger partial charge in [-0.1, -0.05) is 0 Å². The lowest BCUT2D eigenvalue weighted by molar-refractivity contribution is -0.384. The van der Waals surface area contributed by atoms with Crippen LogP contribution in [0.25, 0.3) is 0 Å². The molecule has 0 fully saturated rings. The van der Waals surface area contributed by atoms with Crippen LogP contribution in [-0.2, 0) is 14.8 Å². The highest BCUT2D eigenvalue weighted by Crippen LogP contribution is 2.22. The molecule has 0 unspecified atom stereocenters. The molecule has 0 saturated carbocycles. The SMILES string of the molecule is CNS(=O)(=O)CCNc1nc(C(=O)OC)ccc1[N+](=O)[O-]. The summed E-state index contributed by atoms with van der Waals surface area (Å²) in [7, 11) is -1.05. The Labute approximate surface area is 120 Å². The summed E-state index contributed by atoms with van der Waals surface area (Å²) in [5.41, 5.74) is -0.494. The zero-order valence-corrected chi connectivity index (χ0v) is 12.1. The molecule has 0 bridgehead atoms. The van der Waals surface area contributed by atoms with Crippen molar-refractivity contribution < 1.29 is 22.9 Å². The van der Waals surface area contributed by atoms with E-state index in [1.165, 1.54) is 7.05 Å². The summed E-state index contributed by atoms with van der Waals surface area (Å²) in [6, 6.07) is 2.24. The van der Waals surface area contributed by atoms with Gasteiger partial charge in [0.25, 0.3) is 0 Å². The van der Waals surface area contributed by atoms with Gasteiger partial charge in [0, 0.05) is 12.6 Å². The molecular weight excluding hydrogens is 304 g/mol. The fraction of sp³-hybridized carbons (Fsp3) is 0.400. The second kappa shape index (κ2) is 6.95. The molecule has 0 saturated heterocycles. The van der Waals surface area contributed by atoms with Crippen LogP contribution in [-0.4, -0.2) is 50.7 Å². The second-order valence-corrected chi connectivity index (χ2v) is 5.81. The van der Waals surface area contributed by atoms with Crippen LogP contribution >= 0.6 is 0 Å². The van der Waals surface area contributed by atoms with Gasteiger partial charge in [-0.05, 0) is 13.1 Å². The van der Waals surface area contributed by atoms with Crippen LogP contribution in [0.3, 0.4) is 0 Å². The van der Waals surface area contributed by atoms with E-state index in [1.807, 2.05) is 0 Å². The zero-order valence-electron chi connectivity index (χ0n) is 11.3. The Bertz CT molecular complexity index is 645. The van der Waals surface area contributed by atoms with Crippen LogP contribution in [0.5, 0.6) is 0 Å². The van der Waals surface area contributed by atoms with Crippen LogP contribution in [0.4, 0.5) is 11.5 Å². The molecule has 10 nitrogen and oxygen atoms in total. The maximum absolute atomic E-state index is 11.3. The van der Waals surface area contributed by atoms with Gasteiger partial charge >= 0.3 is 11.7 Å². The summed E-state index contributed by atoms with van der Waals surface area (Å²) in [6.07, 6.45) is 0. The number of nitrogens with one attached hydrogen (secondary N) is 2. The number of pyridine rings is 1. The predicted octanol–water partition coefficient (Wildman–Crippen LogP) is -0.262. The highest BCUT2D eigenvalue weighted by Gasteiger charge is 2.19. The van der Waals surface area contributed by atoms with E-state index in [1.54, 1.807) is 0 Å². The van der Waals surface area contributed by atoms with Gasteiger partial charge in [-0.25, -0.2) is 22.9 Å². The van der Waals surface area contributed by atoms with Gasteiger partial charge in [-0.15, -0.1) is 0 Å². The highest BCUT2D eigenvalue weighted by molar-refractivity contribution is 7.89. The summed E-state index contributed by atoms with van der Waals surface area (Å²) < 4.78 is 29.1. The average molecular weight is 318 g/mol. The number of carbonyl (C=O) groups excluding carboxylic acids is 1. The van der Waals surface area contributed by atoms with Gasteiger partial charge in [-0.2, -0.15) is 0 Å². The first-order valence-electron chi connectivity index (χ1n) is 5.69. The molecule has 11 heteroatoms. The molecule has 116 valence electrons. The second-order valence-electron chi connectivity index (χ2n) is 3.76. The minimum absolute atomic E-state index is 0.109. The van der Waals surface area contributed by atoms with Crippen molar-refractivity contribution in [3.8, 4) is 0 Å². The topological polar surface area (TPSA) is 141 Å². The van der Waals surface area contributed by atoms with Crippen LogP contribution in [0.2, 0.25) is 0 Å². The number of nitrogens with zero attached hydrogens (tertiary/aromatic N) is 2. The number of hydrogen-bond donors (Lipinski definition) is 2. The Morgan fingerprint density at radius 1 is 1.48 bits per heavy atom. The van der Waals surface area contributed by atoms with Crippen molar-refractivity contribution in [3.05, 3.63) is 27.9 Å². The molecule has 1 heterocycles. The zero-order chi connectivity index (χ0) is 16.0. The number of rotatable bonds is 7. The van der Waals surface area contributed by atoms with Gasteiger partial charge < -0.3 is 10.1 Å². The minimum Gasteiger partial charge on any atom is -0.464 e. The number of carbonyl (C=O) groups is 1. The fourth-order valence-electron chi connectivity index (χ4n) is 1.35. The summed E-state index contributed by atoms with van der Waals surface area (Å²) >= 11 is 0. The quantitative estimate of drug-likeness (QED) is 0.398. The van der Waals surface area contributed by atoms with Gasteiger partial charge in [0.15, 0.2) is 5.69 Å². The van der Waals surface area contributed by atoms with Crippen molar-refractivity contribution in [1.82, 2.24) is 9.71 Å². The van der Waals surface area contributed by atoms with E-state index in [9.17, 15) is 23.3 Å². The van der Waals surface area contributed by atoms with Crippen molar-refractivity contribution in [2.45, 2.75) is 0 Å². The van der Waals surface area contributed by atoms with Gasteiger partial charge in [0.05, 0.1) is 17.8 Å². The minimum atomic E-state index is -3.46. The molecule has 0 aromatic carbocycles. The Kier molecular flexibility index (Phi) is 5.55. The molecule has 0 aliphatic heterocycles. The van der Waals surface area contributed by atoms with Crippen LogP contribution in [0.1, 0.15) is 10.5 Å². The molecule has 2 N–H and O–H groups in total. The molecular formula is C10H14N4O6S. The molecule has 1 aromatic rings. The Morgan fingerprint density at radius 3 is 2.67 bits per heavy atom. The summed E-state index contributed by atoms with van der Waals surface area (Å²) in [5.74, 6) is -1.25. The van der Waals surface area contributed by atoms with Gasteiger partial charge in [-0.3, -0.25) is 10.1 Å². The number of esters is 1. The largest absolute Gasteiger partial charge is 0.464 e. The van der Waals surface area contributed by atoms with E-state index in [-0.39, 0.29) is 29.5 Å². The molecule has 0 atom stereocenters. The number of sulfonamides is 1. The number of anilines is 1. The van der Waals surface area contributed by atoms with Crippen LogP contribution in [0.15, 0.2) is 12.1 Å². The maximum atomic E-state index is 11.3. The van der Waals surface area contributed by atoms with E-state index in [0.717, 1.165) is 19.2 Å². The molecule has 0 radical (unpaired) electrons. The molecule has 21 heavy (non-hydrogen) atoms. The summed E-state index contributed by atoms with van der Waals surface area (Å²) in [4.78, 5) is 25.3.